The molecule has 0 aromatic heterocycles. The number of carboxylic acids is 1. The van der Waals surface area contributed by atoms with Crippen molar-refractivity contribution in [2.45, 2.75) is 61.8 Å². The van der Waals surface area contributed by atoms with Crippen LogP contribution in [0, 0.1) is 5.41 Å². The van der Waals surface area contributed by atoms with E-state index in [-0.39, 0.29) is 17.1 Å². The molecule has 0 saturated heterocycles. The van der Waals surface area contributed by atoms with Gasteiger partial charge in [0.25, 0.3) is 5.91 Å². The first-order chi connectivity index (χ1) is 20.6. The third kappa shape index (κ3) is 7.92. The number of ether oxygens (including phenoxy) is 1. The molecule has 0 bridgehead atoms. The first-order valence-corrected chi connectivity index (χ1v) is 17.5. The number of nitrogens with zero attached hydrogens (tertiary/aromatic N) is 1. The minimum atomic E-state index is -3.72. The number of anilines is 2. The van der Waals surface area contributed by atoms with E-state index in [9.17, 15) is 23.1 Å². The lowest BCUT2D eigenvalue weighted by Gasteiger charge is -2.36. The number of sulfone groups is 1. The SMILES string of the molecule is CCCCC1(CC)CN(c2ccccc2)c2cc(SC)c(OCC(=O)NC(CC(=O)O)c3ccccc3)cc2S(=O)(=O)C1. The second-order valence-electron chi connectivity index (χ2n) is 11.0. The molecule has 1 amide bonds. The van der Waals surface area contributed by atoms with Gasteiger partial charge in [-0.05, 0) is 42.9 Å². The predicted molar refractivity (Wildman–Crippen MR) is 171 cm³/mol. The van der Waals surface area contributed by atoms with Crippen molar-refractivity contribution in [1.29, 1.82) is 0 Å². The highest BCUT2D eigenvalue weighted by molar-refractivity contribution is 7.98. The Balaban J connectivity index is 1.68. The number of unbranched alkanes of at least 4 members (excludes halogenated alkanes) is 1. The molecule has 43 heavy (non-hydrogen) atoms. The normalized spacial score (nSPS) is 18.3. The predicted octanol–water partition coefficient (Wildman–Crippen LogP) is 6.63. The highest BCUT2D eigenvalue weighted by atomic mass is 32.2. The van der Waals surface area contributed by atoms with Crippen LogP contribution >= 0.6 is 11.8 Å². The van der Waals surface area contributed by atoms with Crippen molar-refractivity contribution in [2.24, 2.45) is 5.41 Å². The molecule has 0 saturated carbocycles. The lowest BCUT2D eigenvalue weighted by Crippen LogP contribution is -2.37. The molecular weight excluding hydrogens is 585 g/mol. The Kier molecular flexibility index (Phi) is 10.8. The van der Waals surface area contributed by atoms with E-state index in [2.05, 4.69) is 24.1 Å². The summed E-state index contributed by atoms with van der Waals surface area (Å²) in [6.45, 7) is 4.36. The molecular formula is C33H40N2O6S2. The van der Waals surface area contributed by atoms with E-state index in [1.54, 1.807) is 30.3 Å². The van der Waals surface area contributed by atoms with E-state index < -0.39 is 39.8 Å². The summed E-state index contributed by atoms with van der Waals surface area (Å²) in [7, 11) is -3.72. The van der Waals surface area contributed by atoms with Gasteiger partial charge < -0.3 is 20.1 Å². The lowest BCUT2D eigenvalue weighted by atomic mass is 9.81. The summed E-state index contributed by atoms with van der Waals surface area (Å²) >= 11 is 1.41. The Labute approximate surface area is 258 Å². The summed E-state index contributed by atoms with van der Waals surface area (Å²) in [6.07, 6.45) is 5.04. The Morgan fingerprint density at radius 3 is 2.35 bits per heavy atom. The maximum Gasteiger partial charge on any atom is 0.305 e. The molecule has 2 unspecified atom stereocenters. The lowest BCUT2D eigenvalue weighted by molar-refractivity contribution is -0.137. The Morgan fingerprint density at radius 1 is 1.07 bits per heavy atom. The van der Waals surface area contributed by atoms with E-state index in [4.69, 9.17) is 4.74 Å². The van der Waals surface area contributed by atoms with Crippen molar-refractivity contribution in [3.8, 4) is 5.75 Å². The van der Waals surface area contributed by atoms with Crippen LogP contribution in [0.3, 0.4) is 0 Å². The number of rotatable bonds is 13. The zero-order valence-corrected chi connectivity index (χ0v) is 26.5. The molecule has 1 aliphatic heterocycles. The number of aliphatic carboxylic acids is 1. The van der Waals surface area contributed by atoms with Gasteiger partial charge in [-0.3, -0.25) is 9.59 Å². The van der Waals surface area contributed by atoms with Crippen LogP contribution in [-0.4, -0.2) is 50.6 Å². The Bertz CT molecular complexity index is 1520. The molecule has 1 heterocycles. The van der Waals surface area contributed by atoms with Crippen molar-refractivity contribution in [1.82, 2.24) is 5.32 Å². The number of fused-ring (bicyclic) bond motifs is 1. The highest BCUT2D eigenvalue weighted by Gasteiger charge is 2.42. The van der Waals surface area contributed by atoms with Crippen molar-refractivity contribution >= 4 is 44.9 Å². The van der Waals surface area contributed by atoms with Crippen molar-refractivity contribution in [2.75, 3.05) is 30.1 Å². The standard InChI is InChI=1S/C33H40N2O6S2/c1-4-6-17-33(5-2)22-35(25-15-11-8-12-16-25)27-19-29(42-3)28(20-30(27)43(39,40)23-33)41-21-31(36)34-26(18-32(37)38)24-13-9-7-10-14-24/h7-16,19-20,26H,4-6,17-18,21-23H2,1-3H3,(H,34,36)(H,37,38). The largest absolute Gasteiger partial charge is 0.483 e. The molecule has 8 nitrogen and oxygen atoms in total. The number of benzene rings is 3. The first kappa shape index (κ1) is 32.4. The fraction of sp³-hybridized carbons (Fsp3) is 0.394. The van der Waals surface area contributed by atoms with Crippen LogP contribution in [0.25, 0.3) is 0 Å². The number of carbonyl (C=O) groups excluding carboxylic acids is 1. The quantitative estimate of drug-likeness (QED) is 0.204. The van der Waals surface area contributed by atoms with Gasteiger partial charge in [-0.15, -0.1) is 11.8 Å². The van der Waals surface area contributed by atoms with E-state index in [0.717, 1.165) is 31.4 Å². The molecule has 4 rings (SSSR count). The van der Waals surface area contributed by atoms with Crippen LogP contribution in [0.2, 0.25) is 0 Å². The maximum absolute atomic E-state index is 14.1. The summed E-state index contributed by atoms with van der Waals surface area (Å²) < 4.78 is 34.1. The second kappa shape index (κ2) is 14.3. The van der Waals surface area contributed by atoms with Gasteiger partial charge in [0.15, 0.2) is 16.4 Å². The molecule has 10 heteroatoms. The van der Waals surface area contributed by atoms with Gasteiger partial charge in [0, 0.05) is 23.7 Å². The topological polar surface area (TPSA) is 113 Å². The van der Waals surface area contributed by atoms with Gasteiger partial charge in [-0.1, -0.05) is 75.2 Å². The number of para-hydroxylation sites is 1. The van der Waals surface area contributed by atoms with Gasteiger partial charge >= 0.3 is 5.97 Å². The molecule has 2 N–H and O–H groups in total. The molecule has 2 atom stereocenters. The number of nitrogens with one attached hydrogen (secondary N) is 1. The zero-order valence-electron chi connectivity index (χ0n) is 24.9. The van der Waals surface area contributed by atoms with Gasteiger partial charge in [0.1, 0.15) is 5.75 Å². The molecule has 3 aromatic rings. The van der Waals surface area contributed by atoms with Gasteiger partial charge in [0.2, 0.25) is 0 Å². The van der Waals surface area contributed by atoms with E-state index in [1.165, 1.54) is 11.8 Å². The van der Waals surface area contributed by atoms with Gasteiger partial charge in [-0.2, -0.15) is 0 Å². The third-order valence-corrected chi connectivity index (χ3v) is 10.8. The number of thioether (sulfide) groups is 1. The summed E-state index contributed by atoms with van der Waals surface area (Å²) in [5.74, 6) is -1.22. The van der Waals surface area contributed by atoms with Crippen LogP contribution in [-0.2, 0) is 19.4 Å². The molecule has 0 aliphatic carbocycles. The monoisotopic (exact) mass is 624 g/mol. The van der Waals surface area contributed by atoms with Crippen LogP contribution in [0.15, 0.2) is 82.6 Å². The van der Waals surface area contributed by atoms with Crippen LogP contribution in [0.4, 0.5) is 11.4 Å². The average molecular weight is 625 g/mol. The number of carbonyl (C=O) groups is 2. The fourth-order valence-electron chi connectivity index (χ4n) is 5.63. The second-order valence-corrected chi connectivity index (χ2v) is 13.8. The van der Waals surface area contributed by atoms with Gasteiger partial charge in [-0.25, -0.2) is 8.42 Å². The van der Waals surface area contributed by atoms with E-state index >= 15 is 0 Å². The van der Waals surface area contributed by atoms with Crippen LogP contribution in [0.5, 0.6) is 5.75 Å². The molecule has 0 radical (unpaired) electrons. The van der Waals surface area contributed by atoms with Crippen molar-refractivity contribution in [3.05, 3.63) is 78.4 Å². The minimum Gasteiger partial charge on any atom is -0.483 e. The van der Waals surface area contributed by atoms with E-state index in [0.29, 0.717) is 28.4 Å². The summed E-state index contributed by atoms with van der Waals surface area (Å²) in [5.41, 5.74) is 1.76. The van der Waals surface area contributed by atoms with Crippen LogP contribution < -0.4 is 15.0 Å². The smallest absolute Gasteiger partial charge is 0.305 e. The first-order valence-electron chi connectivity index (χ1n) is 14.6. The average Bonchev–Trinajstić information content (AvgIpc) is 3.10. The number of carboxylic acid groups (broad SMARTS) is 1. The molecule has 1 aliphatic rings. The fourth-order valence-corrected chi connectivity index (χ4v) is 8.36. The summed E-state index contributed by atoms with van der Waals surface area (Å²) in [4.78, 5) is 27.4. The van der Waals surface area contributed by atoms with E-state index in [1.807, 2.05) is 48.7 Å². The number of hydrogen-bond acceptors (Lipinski definition) is 7. The Hall–Kier alpha value is -3.50. The van der Waals surface area contributed by atoms with Gasteiger partial charge in [0.05, 0.1) is 33.7 Å². The highest BCUT2D eigenvalue weighted by Crippen LogP contribution is 2.47. The summed E-state index contributed by atoms with van der Waals surface area (Å²) in [5, 5.41) is 12.1. The molecule has 230 valence electrons. The molecule has 0 spiro atoms. The third-order valence-electron chi connectivity index (χ3n) is 8.01. The summed E-state index contributed by atoms with van der Waals surface area (Å²) in [6, 6.07) is 21.4. The maximum atomic E-state index is 14.1. The van der Waals surface area contributed by atoms with Crippen molar-refractivity contribution < 1.29 is 27.9 Å². The number of amides is 1. The van der Waals surface area contributed by atoms with Crippen molar-refractivity contribution in [3.63, 3.8) is 0 Å². The zero-order chi connectivity index (χ0) is 31.0. The molecule has 3 aromatic carbocycles. The Morgan fingerprint density at radius 2 is 1.74 bits per heavy atom. The molecule has 0 fully saturated rings. The van der Waals surface area contributed by atoms with Crippen LogP contribution in [0.1, 0.15) is 57.6 Å². The number of hydrogen-bond donors (Lipinski definition) is 2. The minimum absolute atomic E-state index is 0.0271.